The third kappa shape index (κ3) is 4.26. The Morgan fingerprint density at radius 3 is 2.42 bits per heavy atom. The molecule has 1 aliphatic rings. The molecule has 24 heavy (non-hydrogen) atoms. The minimum Gasteiger partial charge on any atom is -0.335 e. The number of carbonyl (C=O) groups excluding carboxylic acids is 1. The zero-order valence-electron chi connectivity index (χ0n) is 13.3. The molecular weight excluding hydrogens is 345 g/mol. The fourth-order valence-electron chi connectivity index (χ4n) is 2.82. The van der Waals surface area contributed by atoms with Crippen LogP contribution in [0.5, 0.6) is 0 Å². The number of rotatable bonds is 4. The second-order valence-corrected chi connectivity index (χ2v) is 6.63. The second kappa shape index (κ2) is 7.97. The summed E-state index contributed by atoms with van der Waals surface area (Å²) in [7, 11) is 0. The van der Waals surface area contributed by atoms with Gasteiger partial charge in [0.25, 0.3) is 5.91 Å². The minimum atomic E-state index is -0.148. The van der Waals surface area contributed by atoms with Gasteiger partial charge in [-0.15, -0.1) is 0 Å². The van der Waals surface area contributed by atoms with Gasteiger partial charge in [-0.3, -0.25) is 9.69 Å². The molecule has 6 heteroatoms. The number of halogens is 2. The summed E-state index contributed by atoms with van der Waals surface area (Å²) in [5.74, 6) is -0.148. The molecule has 0 spiro atoms. The Morgan fingerprint density at radius 2 is 1.71 bits per heavy atom. The number of aromatic nitrogens is 1. The number of carbonyl (C=O) groups is 1. The van der Waals surface area contributed by atoms with Crippen LogP contribution < -0.4 is 0 Å². The summed E-state index contributed by atoms with van der Waals surface area (Å²) < 4.78 is 0. The van der Waals surface area contributed by atoms with Crippen LogP contribution in [0.15, 0.2) is 42.5 Å². The van der Waals surface area contributed by atoms with Gasteiger partial charge in [0.05, 0.1) is 5.02 Å². The quantitative estimate of drug-likeness (QED) is 0.781. The summed E-state index contributed by atoms with van der Waals surface area (Å²) in [4.78, 5) is 20.8. The van der Waals surface area contributed by atoms with E-state index in [0.717, 1.165) is 26.1 Å². The van der Waals surface area contributed by atoms with Crippen LogP contribution in [0.4, 0.5) is 0 Å². The van der Waals surface area contributed by atoms with E-state index in [4.69, 9.17) is 23.2 Å². The van der Waals surface area contributed by atoms with Crippen molar-refractivity contribution in [3.8, 4) is 0 Å². The van der Waals surface area contributed by atoms with E-state index in [1.54, 1.807) is 17.0 Å². The van der Waals surface area contributed by atoms with Gasteiger partial charge in [0.2, 0.25) is 0 Å². The molecule has 0 N–H and O–H groups in total. The fraction of sp³-hybridized carbons (Fsp3) is 0.333. The fourth-order valence-corrected chi connectivity index (χ4v) is 3.16. The van der Waals surface area contributed by atoms with E-state index in [0.29, 0.717) is 18.1 Å². The Bertz CT molecular complexity index is 701. The van der Waals surface area contributed by atoms with Gasteiger partial charge in [-0.25, -0.2) is 4.98 Å². The number of hydrogen-bond acceptors (Lipinski definition) is 3. The molecule has 0 bridgehead atoms. The molecule has 126 valence electrons. The molecule has 1 aromatic carbocycles. The molecule has 2 aromatic rings. The van der Waals surface area contributed by atoms with Crippen molar-refractivity contribution in [2.24, 2.45) is 0 Å². The molecular formula is C18H19Cl2N3O. The van der Waals surface area contributed by atoms with Crippen molar-refractivity contribution in [3.05, 3.63) is 63.9 Å². The molecule has 1 amide bonds. The molecule has 3 rings (SSSR count). The van der Waals surface area contributed by atoms with Crippen molar-refractivity contribution < 1.29 is 4.79 Å². The summed E-state index contributed by atoms with van der Waals surface area (Å²) in [6, 6.07) is 13.6. The molecule has 0 saturated carbocycles. The monoisotopic (exact) mass is 363 g/mol. The van der Waals surface area contributed by atoms with Gasteiger partial charge in [0, 0.05) is 32.7 Å². The van der Waals surface area contributed by atoms with Gasteiger partial charge < -0.3 is 4.90 Å². The Balaban J connectivity index is 1.53. The van der Waals surface area contributed by atoms with Crippen LogP contribution in [0.3, 0.4) is 0 Å². The third-order valence-corrected chi connectivity index (χ3v) is 4.75. The largest absolute Gasteiger partial charge is 0.335 e. The van der Waals surface area contributed by atoms with Crippen LogP contribution in [0.2, 0.25) is 10.2 Å². The average Bonchev–Trinajstić information content (AvgIpc) is 2.63. The molecule has 1 aliphatic heterocycles. The lowest BCUT2D eigenvalue weighted by atomic mass is 10.1. The molecule has 1 aromatic heterocycles. The highest BCUT2D eigenvalue weighted by Gasteiger charge is 2.24. The summed E-state index contributed by atoms with van der Waals surface area (Å²) in [5, 5.41) is 0.625. The lowest BCUT2D eigenvalue weighted by Crippen LogP contribution is -2.49. The van der Waals surface area contributed by atoms with Gasteiger partial charge >= 0.3 is 0 Å². The van der Waals surface area contributed by atoms with E-state index in [1.165, 1.54) is 5.56 Å². The predicted molar refractivity (Wildman–Crippen MR) is 96.7 cm³/mol. The van der Waals surface area contributed by atoms with Gasteiger partial charge in [-0.1, -0.05) is 53.5 Å². The highest BCUT2D eigenvalue weighted by atomic mass is 35.5. The Hall–Kier alpha value is -1.62. The maximum atomic E-state index is 12.6. The van der Waals surface area contributed by atoms with E-state index in [1.807, 2.05) is 6.07 Å². The van der Waals surface area contributed by atoms with E-state index < -0.39 is 0 Å². The number of hydrogen-bond donors (Lipinski definition) is 0. The maximum Gasteiger partial charge on any atom is 0.274 e. The number of amides is 1. The molecule has 0 aliphatic carbocycles. The van der Waals surface area contributed by atoms with Crippen LogP contribution >= 0.6 is 23.2 Å². The highest BCUT2D eigenvalue weighted by molar-refractivity contribution is 6.34. The van der Waals surface area contributed by atoms with Crippen molar-refractivity contribution in [2.75, 3.05) is 32.7 Å². The van der Waals surface area contributed by atoms with Crippen LogP contribution in [-0.2, 0) is 6.42 Å². The first-order valence-corrected chi connectivity index (χ1v) is 8.76. The molecule has 2 heterocycles. The minimum absolute atomic E-state index is 0.148. The van der Waals surface area contributed by atoms with Crippen molar-refractivity contribution in [2.45, 2.75) is 6.42 Å². The summed E-state index contributed by atoms with van der Waals surface area (Å²) >= 11 is 12.0. The number of nitrogens with zero attached hydrogens (tertiary/aromatic N) is 3. The first-order chi connectivity index (χ1) is 11.6. The average molecular weight is 364 g/mol. The summed E-state index contributed by atoms with van der Waals surface area (Å²) in [6.45, 7) is 4.08. The van der Waals surface area contributed by atoms with Crippen LogP contribution in [0.1, 0.15) is 16.1 Å². The van der Waals surface area contributed by atoms with E-state index in [-0.39, 0.29) is 16.8 Å². The molecule has 0 atom stereocenters. The highest BCUT2D eigenvalue weighted by Crippen LogP contribution is 2.19. The van der Waals surface area contributed by atoms with Gasteiger partial charge in [-0.05, 0) is 24.1 Å². The molecule has 1 saturated heterocycles. The second-order valence-electron chi connectivity index (χ2n) is 5.83. The smallest absolute Gasteiger partial charge is 0.274 e. The third-order valence-electron chi connectivity index (χ3n) is 4.23. The summed E-state index contributed by atoms with van der Waals surface area (Å²) in [5.41, 5.74) is 1.58. The van der Waals surface area contributed by atoms with E-state index in [2.05, 4.69) is 34.1 Å². The van der Waals surface area contributed by atoms with Crippen molar-refractivity contribution >= 4 is 29.1 Å². The molecule has 0 radical (unpaired) electrons. The van der Waals surface area contributed by atoms with Crippen molar-refractivity contribution in [1.29, 1.82) is 0 Å². The van der Waals surface area contributed by atoms with Gasteiger partial charge in [0.15, 0.2) is 0 Å². The SMILES string of the molecule is O=C(c1nc(Cl)ccc1Cl)N1CCN(CCc2ccccc2)CC1. The van der Waals surface area contributed by atoms with E-state index in [9.17, 15) is 4.79 Å². The molecule has 4 nitrogen and oxygen atoms in total. The Labute approximate surface area is 152 Å². The van der Waals surface area contributed by atoms with E-state index >= 15 is 0 Å². The first-order valence-electron chi connectivity index (χ1n) is 8.01. The van der Waals surface area contributed by atoms with Crippen molar-refractivity contribution in [3.63, 3.8) is 0 Å². The number of piperazine rings is 1. The van der Waals surface area contributed by atoms with Gasteiger partial charge in [-0.2, -0.15) is 0 Å². The van der Waals surface area contributed by atoms with Crippen LogP contribution in [-0.4, -0.2) is 53.4 Å². The predicted octanol–water partition coefficient (Wildman–Crippen LogP) is 3.39. The first kappa shape index (κ1) is 17.2. The Morgan fingerprint density at radius 1 is 1.00 bits per heavy atom. The normalized spacial score (nSPS) is 15.5. The molecule has 0 unspecified atom stereocenters. The van der Waals surface area contributed by atoms with Crippen LogP contribution in [0.25, 0.3) is 0 Å². The summed E-state index contributed by atoms with van der Waals surface area (Å²) in [6.07, 6.45) is 1.02. The van der Waals surface area contributed by atoms with Crippen molar-refractivity contribution in [1.82, 2.24) is 14.8 Å². The zero-order valence-corrected chi connectivity index (χ0v) is 14.8. The standard InChI is InChI=1S/C18H19Cl2N3O/c19-15-6-7-16(20)21-17(15)18(24)23-12-10-22(11-13-23)9-8-14-4-2-1-3-5-14/h1-7H,8-13H2. The number of pyridine rings is 1. The number of benzene rings is 1. The lowest BCUT2D eigenvalue weighted by molar-refractivity contribution is 0.0633. The lowest BCUT2D eigenvalue weighted by Gasteiger charge is -2.34. The molecule has 1 fully saturated rings. The van der Waals surface area contributed by atoms with Gasteiger partial charge in [0.1, 0.15) is 10.8 Å². The van der Waals surface area contributed by atoms with Crippen LogP contribution in [0, 0.1) is 0 Å². The topological polar surface area (TPSA) is 36.4 Å². The maximum absolute atomic E-state index is 12.6. The Kier molecular flexibility index (Phi) is 5.72. The zero-order chi connectivity index (χ0) is 16.9.